The van der Waals surface area contributed by atoms with Crippen LogP contribution in [0.3, 0.4) is 0 Å². The van der Waals surface area contributed by atoms with Crippen LogP contribution in [-0.4, -0.2) is 27.5 Å². The summed E-state index contributed by atoms with van der Waals surface area (Å²) in [6.45, 7) is 2.17. The molecule has 1 aromatic carbocycles. The standard InChI is InChI=1S/C18H24O3/c1-18-7-6-13-12-5-3-11(19)8-10(12)2-4-14(13)15(18)9-16(20)17(18)21/h3,5,8,13-17,19-21H,2,4,6-7,9H2,1H3/t13-,14-,15-,16-,17-,18-/m0/s1. The monoisotopic (exact) mass is 288 g/mol. The number of aliphatic hydroxyl groups excluding tert-OH is 2. The van der Waals surface area contributed by atoms with Crippen molar-refractivity contribution in [2.24, 2.45) is 17.3 Å². The summed E-state index contributed by atoms with van der Waals surface area (Å²) in [6, 6.07) is 5.80. The highest BCUT2D eigenvalue weighted by Gasteiger charge is 2.57. The van der Waals surface area contributed by atoms with Crippen LogP contribution in [-0.2, 0) is 6.42 Å². The average molecular weight is 288 g/mol. The molecule has 3 aliphatic rings. The maximum Gasteiger partial charge on any atom is 0.115 e. The predicted octanol–water partition coefficient (Wildman–Crippen LogP) is 2.58. The molecule has 0 amide bonds. The molecular formula is C18H24O3. The van der Waals surface area contributed by atoms with Gasteiger partial charge in [-0.25, -0.2) is 0 Å². The van der Waals surface area contributed by atoms with E-state index < -0.39 is 12.2 Å². The number of aryl methyl sites for hydroxylation is 1. The lowest BCUT2D eigenvalue weighted by atomic mass is 9.55. The normalized spacial score (nSPS) is 44.8. The first-order valence-electron chi connectivity index (χ1n) is 8.18. The summed E-state index contributed by atoms with van der Waals surface area (Å²) >= 11 is 0. The lowest BCUT2D eigenvalue weighted by Gasteiger charge is -2.49. The zero-order valence-corrected chi connectivity index (χ0v) is 12.5. The van der Waals surface area contributed by atoms with Gasteiger partial charge in [0.1, 0.15) is 5.75 Å². The van der Waals surface area contributed by atoms with Crippen LogP contribution in [0.5, 0.6) is 5.75 Å². The molecule has 3 nitrogen and oxygen atoms in total. The Morgan fingerprint density at radius 3 is 2.81 bits per heavy atom. The Morgan fingerprint density at radius 1 is 1.19 bits per heavy atom. The summed E-state index contributed by atoms with van der Waals surface area (Å²) in [5.41, 5.74) is 2.57. The summed E-state index contributed by atoms with van der Waals surface area (Å²) in [5, 5.41) is 30.2. The van der Waals surface area contributed by atoms with Gasteiger partial charge in [0.15, 0.2) is 0 Å². The summed E-state index contributed by atoms with van der Waals surface area (Å²) in [4.78, 5) is 0. The van der Waals surface area contributed by atoms with E-state index in [-0.39, 0.29) is 5.41 Å². The SMILES string of the molecule is C[C@]12CC[C@H]3c4ccc(O)cc4CC[C@@H]3[C@@H]1C[C@H](O)[C@@H]2O. The van der Waals surface area contributed by atoms with Gasteiger partial charge in [-0.1, -0.05) is 13.0 Å². The van der Waals surface area contributed by atoms with Crippen molar-refractivity contribution >= 4 is 0 Å². The van der Waals surface area contributed by atoms with Crippen molar-refractivity contribution in [3.05, 3.63) is 29.3 Å². The number of phenolic OH excluding ortho intramolecular Hbond substituents is 1. The van der Waals surface area contributed by atoms with Gasteiger partial charge in [0.05, 0.1) is 12.2 Å². The highest BCUT2D eigenvalue weighted by Crippen LogP contribution is 2.60. The fourth-order valence-corrected chi connectivity index (χ4v) is 5.56. The van der Waals surface area contributed by atoms with Gasteiger partial charge in [-0.15, -0.1) is 0 Å². The van der Waals surface area contributed by atoms with E-state index in [1.807, 2.05) is 6.07 Å². The molecule has 21 heavy (non-hydrogen) atoms. The van der Waals surface area contributed by atoms with Crippen molar-refractivity contribution in [1.82, 2.24) is 0 Å². The van der Waals surface area contributed by atoms with Crippen molar-refractivity contribution in [1.29, 1.82) is 0 Å². The molecule has 3 aliphatic carbocycles. The Hall–Kier alpha value is -1.06. The van der Waals surface area contributed by atoms with Crippen LogP contribution in [0.25, 0.3) is 0 Å². The number of hydrogen-bond acceptors (Lipinski definition) is 3. The van der Waals surface area contributed by atoms with Gasteiger partial charge in [-0.3, -0.25) is 0 Å². The third-order valence-electron chi connectivity index (χ3n) is 6.68. The van der Waals surface area contributed by atoms with Gasteiger partial charge in [-0.05, 0) is 78.5 Å². The first-order chi connectivity index (χ1) is 10.0. The Labute approximate surface area is 125 Å². The summed E-state index contributed by atoms with van der Waals surface area (Å²) in [6.07, 6.45) is 3.80. The van der Waals surface area contributed by atoms with Crippen molar-refractivity contribution in [2.75, 3.05) is 0 Å². The summed E-state index contributed by atoms with van der Waals surface area (Å²) in [7, 11) is 0. The molecule has 0 radical (unpaired) electrons. The van der Waals surface area contributed by atoms with E-state index in [0.29, 0.717) is 23.5 Å². The van der Waals surface area contributed by atoms with E-state index in [9.17, 15) is 15.3 Å². The third-order valence-corrected chi connectivity index (χ3v) is 6.68. The van der Waals surface area contributed by atoms with Crippen molar-refractivity contribution in [2.45, 2.75) is 57.2 Å². The molecule has 0 aliphatic heterocycles. The minimum Gasteiger partial charge on any atom is -0.508 e. The van der Waals surface area contributed by atoms with E-state index in [1.54, 1.807) is 6.07 Å². The topological polar surface area (TPSA) is 60.7 Å². The van der Waals surface area contributed by atoms with E-state index in [4.69, 9.17) is 0 Å². The zero-order valence-electron chi connectivity index (χ0n) is 12.5. The Balaban J connectivity index is 1.71. The van der Waals surface area contributed by atoms with Crippen molar-refractivity contribution in [3.63, 3.8) is 0 Å². The lowest BCUT2D eigenvalue weighted by Crippen LogP contribution is -2.44. The fraction of sp³-hybridized carbons (Fsp3) is 0.667. The van der Waals surface area contributed by atoms with E-state index in [1.165, 1.54) is 11.1 Å². The first-order valence-corrected chi connectivity index (χ1v) is 8.18. The molecule has 0 saturated heterocycles. The molecule has 3 N–H and O–H groups in total. The molecule has 6 atom stereocenters. The average Bonchev–Trinajstić information content (AvgIpc) is 2.70. The molecule has 114 valence electrons. The summed E-state index contributed by atoms with van der Waals surface area (Å²) < 4.78 is 0. The van der Waals surface area contributed by atoms with Crippen LogP contribution in [0, 0.1) is 17.3 Å². The molecule has 2 saturated carbocycles. The maximum atomic E-state index is 10.4. The van der Waals surface area contributed by atoms with Crippen LogP contribution >= 0.6 is 0 Å². The second kappa shape index (κ2) is 4.47. The second-order valence-electron chi connectivity index (χ2n) is 7.59. The predicted molar refractivity (Wildman–Crippen MR) is 80.1 cm³/mol. The van der Waals surface area contributed by atoms with Crippen LogP contribution in [0.15, 0.2) is 18.2 Å². The van der Waals surface area contributed by atoms with Crippen LogP contribution in [0.1, 0.15) is 49.7 Å². The molecule has 2 fully saturated rings. The summed E-state index contributed by atoms with van der Waals surface area (Å²) in [5.74, 6) is 1.88. The molecule has 0 heterocycles. The largest absolute Gasteiger partial charge is 0.508 e. The van der Waals surface area contributed by atoms with Crippen LogP contribution < -0.4 is 0 Å². The van der Waals surface area contributed by atoms with E-state index >= 15 is 0 Å². The number of rotatable bonds is 0. The Morgan fingerprint density at radius 2 is 2.00 bits per heavy atom. The zero-order chi connectivity index (χ0) is 14.8. The minimum absolute atomic E-state index is 0.116. The maximum absolute atomic E-state index is 10.4. The first kappa shape index (κ1) is 13.6. The molecule has 4 rings (SSSR count). The van der Waals surface area contributed by atoms with Gasteiger partial charge in [-0.2, -0.15) is 0 Å². The highest BCUT2D eigenvalue weighted by atomic mass is 16.3. The number of fused-ring (bicyclic) bond motifs is 5. The van der Waals surface area contributed by atoms with E-state index in [2.05, 4.69) is 13.0 Å². The van der Waals surface area contributed by atoms with Gasteiger partial charge in [0.2, 0.25) is 0 Å². The minimum atomic E-state index is -0.565. The smallest absolute Gasteiger partial charge is 0.115 e. The number of hydrogen-bond donors (Lipinski definition) is 3. The third kappa shape index (κ3) is 1.80. The molecule has 0 spiro atoms. The lowest BCUT2D eigenvalue weighted by molar-refractivity contribution is -0.0505. The molecule has 0 unspecified atom stereocenters. The van der Waals surface area contributed by atoms with Gasteiger partial charge in [0, 0.05) is 0 Å². The molecule has 0 aromatic heterocycles. The van der Waals surface area contributed by atoms with E-state index in [0.717, 1.165) is 32.1 Å². The quantitative estimate of drug-likeness (QED) is 0.687. The fourth-order valence-electron chi connectivity index (χ4n) is 5.56. The highest BCUT2D eigenvalue weighted by molar-refractivity contribution is 5.40. The molecule has 3 heteroatoms. The van der Waals surface area contributed by atoms with Gasteiger partial charge < -0.3 is 15.3 Å². The second-order valence-corrected chi connectivity index (χ2v) is 7.59. The Bertz CT molecular complexity index is 570. The van der Waals surface area contributed by atoms with Crippen molar-refractivity contribution in [3.8, 4) is 5.75 Å². The van der Waals surface area contributed by atoms with Gasteiger partial charge in [0.25, 0.3) is 0 Å². The molecule has 1 aromatic rings. The van der Waals surface area contributed by atoms with Gasteiger partial charge >= 0.3 is 0 Å². The Kier molecular flexibility index (Phi) is 2.89. The number of aliphatic hydroxyl groups is 2. The van der Waals surface area contributed by atoms with Crippen LogP contribution in [0.4, 0.5) is 0 Å². The van der Waals surface area contributed by atoms with Crippen LogP contribution in [0.2, 0.25) is 0 Å². The number of benzene rings is 1. The number of aromatic hydroxyl groups is 1. The molecule has 0 bridgehead atoms. The number of phenols is 1. The van der Waals surface area contributed by atoms with Crippen molar-refractivity contribution < 1.29 is 15.3 Å². The molecular weight excluding hydrogens is 264 g/mol.